The van der Waals surface area contributed by atoms with Crippen LogP contribution in [-0.2, 0) is 48.0 Å². The number of ether oxygens (including phenoxy) is 2. The van der Waals surface area contributed by atoms with E-state index in [1.807, 2.05) is 49.3 Å². The number of nitrogens with zero attached hydrogens (tertiary/aromatic N) is 7. The molecule has 1 aromatic carbocycles. The summed E-state index contributed by atoms with van der Waals surface area (Å²) in [7, 11) is 3.92. The smallest absolute Gasteiger partial charge is 0.355 e. The fraction of sp³-hybridized carbons (Fsp3) is 0.467. The SMILES string of the molecule is CN(C)CCn1nnnc1SCC1=C(C(=O)OCCCCOC(=O)Cc2ccccc2)N2C(=O)[C@@H](NC(=O)Cc3csc(N)n3)[C@@H]2SC1.Cl.Cl. The Bertz CT molecular complexity index is 1640. The number of unbranched alkanes of at least 4 members (excludes halogenated alkanes) is 1. The molecular weight excluding hydrogens is 749 g/mol. The molecule has 20 heteroatoms. The molecule has 272 valence electrons. The third kappa shape index (κ3) is 11.0. The van der Waals surface area contributed by atoms with Crippen LogP contribution in [0, 0.1) is 0 Å². The number of thiazole rings is 1. The number of β-lactam (4-membered cyclic amide) rings is 1. The van der Waals surface area contributed by atoms with E-state index in [0.717, 1.165) is 12.1 Å². The first-order valence-electron chi connectivity index (χ1n) is 15.3. The van der Waals surface area contributed by atoms with Gasteiger partial charge in [-0.1, -0.05) is 42.1 Å². The zero-order valence-electron chi connectivity index (χ0n) is 27.4. The topological polar surface area (TPSA) is 188 Å². The lowest BCUT2D eigenvalue weighted by atomic mass is 10.0. The molecule has 2 aliphatic rings. The number of rotatable bonds is 17. The first-order valence-corrected chi connectivity index (χ1v) is 18.2. The van der Waals surface area contributed by atoms with Gasteiger partial charge in [-0.15, -0.1) is 53.0 Å². The van der Waals surface area contributed by atoms with Gasteiger partial charge in [0.15, 0.2) is 5.13 Å². The molecule has 15 nitrogen and oxygen atoms in total. The molecule has 0 unspecified atom stereocenters. The second kappa shape index (κ2) is 19.8. The molecule has 3 N–H and O–H groups in total. The number of carbonyl (C=O) groups excluding carboxylic acids is 4. The first kappa shape index (κ1) is 41.0. The summed E-state index contributed by atoms with van der Waals surface area (Å²) in [5.41, 5.74) is 7.96. The number of aromatic nitrogens is 5. The minimum Gasteiger partial charge on any atom is -0.465 e. The fourth-order valence-corrected chi connectivity index (χ4v) is 7.85. The molecule has 0 spiro atoms. The average Bonchev–Trinajstić information content (AvgIpc) is 3.70. The van der Waals surface area contributed by atoms with E-state index in [1.165, 1.54) is 39.8 Å². The number of nitrogens with two attached hydrogens (primary N) is 1. The molecule has 0 aliphatic carbocycles. The van der Waals surface area contributed by atoms with Crippen molar-refractivity contribution in [2.45, 2.75) is 48.8 Å². The highest BCUT2D eigenvalue weighted by Crippen LogP contribution is 2.42. The van der Waals surface area contributed by atoms with Crippen LogP contribution >= 0.6 is 59.7 Å². The number of hydrogen-bond donors (Lipinski definition) is 2. The van der Waals surface area contributed by atoms with Crippen LogP contribution in [0.5, 0.6) is 0 Å². The van der Waals surface area contributed by atoms with Crippen LogP contribution in [0.25, 0.3) is 0 Å². The summed E-state index contributed by atoms with van der Waals surface area (Å²) >= 11 is 4.07. The van der Waals surface area contributed by atoms with E-state index >= 15 is 0 Å². The third-order valence-electron chi connectivity index (χ3n) is 7.33. The lowest BCUT2D eigenvalue weighted by Gasteiger charge is -2.49. The van der Waals surface area contributed by atoms with E-state index in [9.17, 15) is 19.2 Å². The number of benzene rings is 1. The number of anilines is 1. The van der Waals surface area contributed by atoms with E-state index in [2.05, 4.69) is 25.8 Å². The number of amides is 2. The third-order valence-corrected chi connectivity index (χ3v) is 10.4. The molecule has 5 rings (SSSR count). The molecule has 1 fully saturated rings. The number of esters is 2. The Labute approximate surface area is 314 Å². The molecule has 2 amide bonds. The van der Waals surface area contributed by atoms with E-state index < -0.39 is 23.3 Å². The maximum Gasteiger partial charge on any atom is 0.355 e. The van der Waals surface area contributed by atoms with Crippen LogP contribution in [0.15, 0.2) is 52.1 Å². The molecule has 2 atom stereocenters. The maximum absolute atomic E-state index is 13.5. The molecule has 3 aromatic rings. The molecule has 0 radical (unpaired) electrons. The Balaban J connectivity index is 0.00000338. The van der Waals surface area contributed by atoms with Crippen LogP contribution in [0.4, 0.5) is 5.13 Å². The second-order valence-corrected chi connectivity index (χ2v) is 14.2. The van der Waals surface area contributed by atoms with Gasteiger partial charge in [0.2, 0.25) is 11.1 Å². The highest BCUT2D eigenvalue weighted by molar-refractivity contribution is 8.01. The van der Waals surface area contributed by atoms with Crippen LogP contribution in [0.3, 0.4) is 0 Å². The van der Waals surface area contributed by atoms with E-state index in [0.29, 0.717) is 52.4 Å². The number of likely N-dealkylation sites (N-methyl/N-ethyl adjacent to an activating group) is 1. The number of nitrogens with one attached hydrogen (secondary N) is 1. The van der Waals surface area contributed by atoms with Crippen molar-refractivity contribution < 1.29 is 28.7 Å². The summed E-state index contributed by atoms with van der Waals surface area (Å²) in [5, 5.41) is 17.0. The van der Waals surface area contributed by atoms with Crippen molar-refractivity contribution in [3.63, 3.8) is 0 Å². The predicted molar refractivity (Wildman–Crippen MR) is 195 cm³/mol. The molecule has 1 saturated heterocycles. The van der Waals surface area contributed by atoms with Gasteiger partial charge in [0.1, 0.15) is 17.1 Å². The van der Waals surface area contributed by atoms with Gasteiger partial charge in [0, 0.05) is 23.4 Å². The van der Waals surface area contributed by atoms with Crippen molar-refractivity contribution >= 4 is 88.6 Å². The number of hydrogen-bond acceptors (Lipinski definition) is 15. The highest BCUT2D eigenvalue weighted by Gasteiger charge is 2.54. The Kier molecular flexibility index (Phi) is 16.3. The van der Waals surface area contributed by atoms with Gasteiger partial charge in [-0.2, -0.15) is 0 Å². The Hall–Kier alpha value is -3.42. The van der Waals surface area contributed by atoms with Crippen molar-refractivity contribution in [3.8, 4) is 0 Å². The van der Waals surface area contributed by atoms with Crippen LogP contribution in [0.2, 0.25) is 0 Å². The predicted octanol–water partition coefficient (Wildman–Crippen LogP) is 2.22. The molecule has 0 bridgehead atoms. The second-order valence-electron chi connectivity index (χ2n) is 11.3. The molecule has 0 saturated carbocycles. The zero-order valence-corrected chi connectivity index (χ0v) is 31.5. The highest BCUT2D eigenvalue weighted by atomic mass is 35.5. The number of halogens is 2. The van der Waals surface area contributed by atoms with Crippen molar-refractivity contribution in [1.82, 2.24) is 40.3 Å². The zero-order chi connectivity index (χ0) is 34.0. The van der Waals surface area contributed by atoms with Gasteiger partial charge in [-0.25, -0.2) is 14.5 Å². The van der Waals surface area contributed by atoms with Crippen molar-refractivity contribution in [2.75, 3.05) is 51.1 Å². The van der Waals surface area contributed by atoms with Gasteiger partial charge in [-0.3, -0.25) is 19.3 Å². The lowest BCUT2D eigenvalue weighted by Crippen LogP contribution is -2.70. The Morgan fingerprint density at radius 2 is 1.84 bits per heavy atom. The molecule has 2 aliphatic heterocycles. The van der Waals surface area contributed by atoms with Crippen molar-refractivity contribution in [3.05, 3.63) is 58.2 Å². The normalized spacial score (nSPS) is 16.5. The average molecular weight is 789 g/mol. The number of carbonyl (C=O) groups is 4. The molecular formula is C30H39Cl2N9O6S3. The summed E-state index contributed by atoms with van der Waals surface area (Å²) in [4.78, 5) is 59.3. The monoisotopic (exact) mass is 787 g/mol. The summed E-state index contributed by atoms with van der Waals surface area (Å²) in [6.45, 7) is 1.62. The summed E-state index contributed by atoms with van der Waals surface area (Å²) in [6.07, 6.45) is 1.15. The minimum absolute atomic E-state index is 0. The summed E-state index contributed by atoms with van der Waals surface area (Å²) in [6, 6.07) is 8.55. The maximum atomic E-state index is 13.5. The van der Waals surface area contributed by atoms with E-state index in [1.54, 1.807) is 10.1 Å². The van der Waals surface area contributed by atoms with Crippen molar-refractivity contribution in [2.24, 2.45) is 0 Å². The number of tetrazole rings is 1. The van der Waals surface area contributed by atoms with Gasteiger partial charge in [0.25, 0.3) is 5.91 Å². The van der Waals surface area contributed by atoms with Crippen LogP contribution in [0.1, 0.15) is 24.1 Å². The molecule has 2 aromatic heterocycles. The van der Waals surface area contributed by atoms with Gasteiger partial charge in [0.05, 0.1) is 38.3 Å². The summed E-state index contributed by atoms with van der Waals surface area (Å²) in [5.74, 6) is -0.901. The molecule has 4 heterocycles. The minimum atomic E-state index is -0.792. The quantitative estimate of drug-likeness (QED) is 0.0878. The number of fused-ring (bicyclic) bond motifs is 1. The van der Waals surface area contributed by atoms with E-state index in [-0.39, 0.29) is 68.4 Å². The number of nitrogen functional groups attached to an aromatic ring is 1. The van der Waals surface area contributed by atoms with Gasteiger partial charge < -0.3 is 25.4 Å². The fourth-order valence-electron chi connectivity index (χ4n) is 4.90. The largest absolute Gasteiger partial charge is 0.465 e. The van der Waals surface area contributed by atoms with Crippen molar-refractivity contribution in [1.29, 1.82) is 0 Å². The standard InChI is InChI=1S/C30H37N9O6S3.2ClH/c1-37(2)10-11-38-30(34-35-36-38)48-17-20-16-46-27-24(33-22(40)15-21-18-47-29(31)32-21)26(42)39(27)25(20)28(43)45-13-7-6-12-44-23(41)14-19-8-4-3-5-9-19;;/h3-5,8-9,18,24,27H,6-7,10-17H2,1-2H3,(H2,31,32)(H,33,40);2*1H/t24-,27+;;/m1../s1. The number of thioether (sulfide) groups is 2. The van der Waals surface area contributed by atoms with Crippen LogP contribution in [-0.4, -0.2) is 116 Å². The lowest BCUT2D eigenvalue weighted by molar-refractivity contribution is -0.153. The van der Waals surface area contributed by atoms with E-state index in [4.69, 9.17) is 15.2 Å². The van der Waals surface area contributed by atoms with Crippen LogP contribution < -0.4 is 11.1 Å². The van der Waals surface area contributed by atoms with Gasteiger partial charge >= 0.3 is 11.9 Å². The molecule has 50 heavy (non-hydrogen) atoms. The van der Waals surface area contributed by atoms with Gasteiger partial charge in [-0.05, 0) is 48.5 Å². The Morgan fingerprint density at radius 3 is 2.54 bits per heavy atom. The summed E-state index contributed by atoms with van der Waals surface area (Å²) < 4.78 is 12.6. The Morgan fingerprint density at radius 1 is 1.10 bits per heavy atom. The first-order chi connectivity index (χ1) is 23.2.